The van der Waals surface area contributed by atoms with Crippen molar-refractivity contribution in [2.45, 2.75) is 19.6 Å². The van der Waals surface area contributed by atoms with Gasteiger partial charge >= 0.3 is 5.97 Å². The van der Waals surface area contributed by atoms with Crippen molar-refractivity contribution < 1.29 is 27.8 Å². The smallest absolute Gasteiger partial charge is 0.344 e. The van der Waals surface area contributed by atoms with Crippen LogP contribution in [0.5, 0.6) is 5.75 Å². The first-order chi connectivity index (χ1) is 12.4. The van der Waals surface area contributed by atoms with Gasteiger partial charge in [0.2, 0.25) is 0 Å². The van der Waals surface area contributed by atoms with Crippen molar-refractivity contribution in [3.63, 3.8) is 0 Å². The number of hydrogen-bond donors (Lipinski definition) is 0. The number of amides is 1. The Morgan fingerprint density at radius 1 is 1.12 bits per heavy atom. The molecular weight excluding hydrogens is 344 g/mol. The Morgan fingerprint density at radius 3 is 2.54 bits per heavy atom. The highest BCUT2D eigenvalue weighted by Crippen LogP contribution is 2.15. The maximum atomic E-state index is 13.4. The number of nitrogens with zero attached hydrogens (tertiary/aromatic N) is 1. The summed E-state index contributed by atoms with van der Waals surface area (Å²) in [6.45, 7) is 1.07. The minimum atomic E-state index is -1.05. The molecule has 0 spiro atoms. The van der Waals surface area contributed by atoms with Crippen LogP contribution in [0.1, 0.15) is 12.5 Å². The van der Waals surface area contributed by atoms with Crippen molar-refractivity contribution in [2.75, 3.05) is 13.7 Å². The molecule has 0 saturated heterocycles. The first-order valence-electron chi connectivity index (χ1n) is 7.93. The van der Waals surface area contributed by atoms with Crippen LogP contribution in [0, 0.1) is 11.6 Å². The molecule has 2 rings (SSSR count). The van der Waals surface area contributed by atoms with Gasteiger partial charge in [-0.05, 0) is 36.8 Å². The van der Waals surface area contributed by atoms with Gasteiger partial charge in [-0.1, -0.05) is 24.3 Å². The highest BCUT2D eigenvalue weighted by molar-refractivity contribution is 5.83. The van der Waals surface area contributed by atoms with Crippen LogP contribution < -0.4 is 4.74 Å². The molecule has 0 aromatic heterocycles. The Hall–Kier alpha value is -2.96. The fourth-order valence-electron chi connectivity index (χ4n) is 2.28. The van der Waals surface area contributed by atoms with E-state index in [1.807, 2.05) is 0 Å². The largest absolute Gasteiger partial charge is 0.479 e. The van der Waals surface area contributed by atoms with E-state index in [0.717, 1.165) is 0 Å². The zero-order chi connectivity index (χ0) is 19.1. The molecule has 5 nitrogen and oxygen atoms in total. The van der Waals surface area contributed by atoms with Crippen molar-refractivity contribution in [3.8, 4) is 5.75 Å². The molecule has 0 fully saturated rings. The van der Waals surface area contributed by atoms with Gasteiger partial charge in [-0.2, -0.15) is 0 Å². The lowest BCUT2D eigenvalue weighted by Crippen LogP contribution is -2.37. The highest BCUT2D eigenvalue weighted by atomic mass is 19.1. The molecule has 1 atom stereocenters. The molecule has 1 unspecified atom stereocenters. The standard InChI is InChI=1S/C19H19F2NO4/c1-13(19(24)22(2)11-14-6-5-7-15(20)10-14)26-18(23)12-25-17-9-4-3-8-16(17)21/h3-10,13H,11-12H2,1-2H3. The van der Waals surface area contributed by atoms with E-state index < -0.39 is 36.2 Å². The number of ether oxygens (including phenoxy) is 2. The van der Waals surface area contributed by atoms with E-state index in [2.05, 4.69) is 0 Å². The van der Waals surface area contributed by atoms with E-state index >= 15 is 0 Å². The molecule has 0 aliphatic rings. The molecular formula is C19H19F2NO4. The molecule has 2 aromatic rings. The van der Waals surface area contributed by atoms with E-state index in [-0.39, 0.29) is 12.3 Å². The number of carbonyl (C=O) groups excluding carboxylic acids is 2. The Morgan fingerprint density at radius 2 is 1.85 bits per heavy atom. The van der Waals surface area contributed by atoms with Crippen LogP contribution in [-0.4, -0.2) is 36.5 Å². The molecule has 0 N–H and O–H groups in total. The lowest BCUT2D eigenvalue weighted by Gasteiger charge is -2.21. The SMILES string of the molecule is CC(OC(=O)COc1ccccc1F)C(=O)N(C)Cc1cccc(F)c1. The summed E-state index contributed by atoms with van der Waals surface area (Å²) in [5.41, 5.74) is 0.613. The highest BCUT2D eigenvalue weighted by Gasteiger charge is 2.22. The summed E-state index contributed by atoms with van der Waals surface area (Å²) in [5.74, 6) is -2.32. The molecule has 0 radical (unpaired) electrons. The zero-order valence-electron chi connectivity index (χ0n) is 14.4. The van der Waals surface area contributed by atoms with Gasteiger partial charge in [0.15, 0.2) is 24.3 Å². The Bertz CT molecular complexity index is 782. The first kappa shape index (κ1) is 19.4. The second-order valence-electron chi connectivity index (χ2n) is 5.68. The Balaban J connectivity index is 1.83. The van der Waals surface area contributed by atoms with E-state index in [4.69, 9.17) is 9.47 Å². The fraction of sp³-hybridized carbons (Fsp3) is 0.263. The number of carbonyl (C=O) groups is 2. The fourth-order valence-corrected chi connectivity index (χ4v) is 2.28. The van der Waals surface area contributed by atoms with Gasteiger partial charge in [-0.15, -0.1) is 0 Å². The third-order valence-corrected chi connectivity index (χ3v) is 3.52. The molecule has 7 heteroatoms. The average Bonchev–Trinajstić information content (AvgIpc) is 2.60. The maximum absolute atomic E-state index is 13.4. The number of esters is 1. The summed E-state index contributed by atoms with van der Waals surface area (Å²) < 4.78 is 36.6. The van der Waals surface area contributed by atoms with Crippen LogP contribution in [-0.2, 0) is 20.9 Å². The van der Waals surface area contributed by atoms with Gasteiger partial charge in [0.05, 0.1) is 0 Å². The van der Waals surface area contributed by atoms with Crippen LogP contribution in [0.4, 0.5) is 8.78 Å². The Labute approximate surface area is 150 Å². The molecule has 138 valence electrons. The van der Waals surface area contributed by atoms with Gasteiger partial charge in [0.1, 0.15) is 5.82 Å². The summed E-state index contributed by atoms with van der Waals surface area (Å²) in [4.78, 5) is 25.4. The number of hydrogen-bond acceptors (Lipinski definition) is 4. The van der Waals surface area contributed by atoms with Crippen molar-refractivity contribution >= 4 is 11.9 Å². The van der Waals surface area contributed by atoms with E-state index in [1.54, 1.807) is 18.2 Å². The topological polar surface area (TPSA) is 55.8 Å². The summed E-state index contributed by atoms with van der Waals surface area (Å²) in [7, 11) is 1.52. The van der Waals surface area contributed by atoms with E-state index in [1.165, 1.54) is 49.2 Å². The lowest BCUT2D eigenvalue weighted by molar-refractivity contribution is -0.160. The van der Waals surface area contributed by atoms with E-state index in [9.17, 15) is 18.4 Å². The predicted molar refractivity (Wildman–Crippen MR) is 90.3 cm³/mol. The zero-order valence-corrected chi connectivity index (χ0v) is 14.4. The number of likely N-dealkylation sites (N-methyl/N-ethyl adjacent to an activating group) is 1. The van der Waals surface area contributed by atoms with Crippen LogP contribution in [0.25, 0.3) is 0 Å². The second-order valence-corrected chi connectivity index (χ2v) is 5.68. The van der Waals surface area contributed by atoms with Gasteiger partial charge < -0.3 is 14.4 Å². The number of halogens is 2. The molecule has 0 aliphatic carbocycles. The molecule has 0 heterocycles. The van der Waals surface area contributed by atoms with Crippen molar-refractivity contribution in [1.29, 1.82) is 0 Å². The quantitative estimate of drug-likeness (QED) is 0.710. The molecule has 0 saturated carbocycles. The minimum absolute atomic E-state index is 0.0772. The minimum Gasteiger partial charge on any atom is -0.479 e. The number of rotatable bonds is 7. The molecule has 26 heavy (non-hydrogen) atoms. The molecule has 1 amide bonds. The van der Waals surface area contributed by atoms with Crippen molar-refractivity contribution in [3.05, 3.63) is 65.7 Å². The number of para-hydroxylation sites is 1. The third kappa shape index (κ3) is 5.54. The van der Waals surface area contributed by atoms with Crippen LogP contribution in [0.15, 0.2) is 48.5 Å². The average molecular weight is 363 g/mol. The van der Waals surface area contributed by atoms with E-state index in [0.29, 0.717) is 5.56 Å². The summed E-state index contributed by atoms with van der Waals surface area (Å²) in [6, 6.07) is 11.5. The molecule has 2 aromatic carbocycles. The maximum Gasteiger partial charge on any atom is 0.344 e. The lowest BCUT2D eigenvalue weighted by atomic mass is 10.2. The summed E-state index contributed by atoms with van der Waals surface area (Å²) in [6.07, 6.45) is -1.05. The normalized spacial score (nSPS) is 11.5. The second kappa shape index (κ2) is 8.94. The van der Waals surface area contributed by atoms with Crippen molar-refractivity contribution in [1.82, 2.24) is 4.90 Å². The van der Waals surface area contributed by atoms with Gasteiger partial charge in [0.25, 0.3) is 5.91 Å². The monoisotopic (exact) mass is 363 g/mol. The molecule has 0 bridgehead atoms. The van der Waals surface area contributed by atoms with Gasteiger partial charge in [-0.25, -0.2) is 13.6 Å². The van der Waals surface area contributed by atoms with Crippen LogP contribution in [0.2, 0.25) is 0 Å². The Kier molecular flexibility index (Phi) is 6.66. The first-order valence-corrected chi connectivity index (χ1v) is 7.93. The van der Waals surface area contributed by atoms with Crippen LogP contribution >= 0.6 is 0 Å². The van der Waals surface area contributed by atoms with Crippen LogP contribution in [0.3, 0.4) is 0 Å². The summed E-state index contributed by atoms with van der Waals surface area (Å²) >= 11 is 0. The third-order valence-electron chi connectivity index (χ3n) is 3.52. The summed E-state index contributed by atoms with van der Waals surface area (Å²) in [5, 5.41) is 0. The number of benzene rings is 2. The molecule has 0 aliphatic heterocycles. The van der Waals surface area contributed by atoms with Crippen molar-refractivity contribution in [2.24, 2.45) is 0 Å². The van der Waals surface area contributed by atoms with Gasteiger partial charge in [0, 0.05) is 13.6 Å². The predicted octanol–water partition coefficient (Wildman–Crippen LogP) is 2.93. The van der Waals surface area contributed by atoms with Gasteiger partial charge in [-0.3, -0.25) is 4.79 Å².